The third-order valence-electron chi connectivity index (χ3n) is 2.97. The van der Waals surface area contributed by atoms with Crippen LogP contribution < -0.4 is 0 Å². The van der Waals surface area contributed by atoms with Crippen LogP contribution in [0.2, 0.25) is 0 Å². The Hall–Kier alpha value is -1.89. The van der Waals surface area contributed by atoms with Gasteiger partial charge in [0.05, 0.1) is 0 Å². The zero-order valence-corrected chi connectivity index (χ0v) is 8.78. The highest BCUT2D eigenvalue weighted by Gasteiger charge is 2.21. The number of benzene rings is 2. The van der Waals surface area contributed by atoms with Crippen LogP contribution in [-0.4, -0.2) is 0 Å². The van der Waals surface area contributed by atoms with Gasteiger partial charge in [-0.1, -0.05) is 54.6 Å². The summed E-state index contributed by atoms with van der Waals surface area (Å²) in [4.78, 5) is 0. The second kappa shape index (κ2) is 3.60. The SMILES string of the molecule is FC1=C(c2ccccc2)c2ccccc2C1. The van der Waals surface area contributed by atoms with Gasteiger partial charge >= 0.3 is 0 Å². The molecule has 0 radical (unpaired) electrons. The maximum absolute atomic E-state index is 13.9. The Bertz CT molecular complexity index is 553. The summed E-state index contributed by atoms with van der Waals surface area (Å²) in [6, 6.07) is 17.6. The van der Waals surface area contributed by atoms with Crippen LogP contribution in [0, 0.1) is 0 Å². The first-order chi connectivity index (χ1) is 7.86. The topological polar surface area (TPSA) is 0 Å². The molecule has 1 aliphatic carbocycles. The van der Waals surface area contributed by atoms with Crippen molar-refractivity contribution in [1.29, 1.82) is 0 Å². The monoisotopic (exact) mass is 210 g/mol. The lowest BCUT2D eigenvalue weighted by Crippen LogP contribution is -1.86. The predicted molar refractivity (Wildman–Crippen MR) is 63.7 cm³/mol. The van der Waals surface area contributed by atoms with Gasteiger partial charge in [0, 0.05) is 12.0 Å². The van der Waals surface area contributed by atoms with Crippen LogP contribution in [0.3, 0.4) is 0 Å². The maximum Gasteiger partial charge on any atom is 0.113 e. The van der Waals surface area contributed by atoms with Gasteiger partial charge in [-0.25, -0.2) is 4.39 Å². The minimum absolute atomic E-state index is 0.0209. The lowest BCUT2D eigenvalue weighted by atomic mass is 9.99. The molecule has 0 nitrogen and oxygen atoms in total. The number of hydrogen-bond acceptors (Lipinski definition) is 0. The van der Waals surface area contributed by atoms with Crippen molar-refractivity contribution >= 4 is 5.57 Å². The van der Waals surface area contributed by atoms with Crippen LogP contribution >= 0.6 is 0 Å². The first-order valence-electron chi connectivity index (χ1n) is 5.38. The molecule has 1 aliphatic rings. The molecule has 0 spiro atoms. The Balaban J connectivity index is 2.19. The number of hydrogen-bond donors (Lipinski definition) is 0. The Morgan fingerprint density at radius 2 is 1.50 bits per heavy atom. The molecule has 0 heterocycles. The van der Waals surface area contributed by atoms with Crippen LogP contribution in [-0.2, 0) is 6.42 Å². The van der Waals surface area contributed by atoms with E-state index in [-0.39, 0.29) is 5.83 Å². The van der Waals surface area contributed by atoms with E-state index < -0.39 is 0 Å². The smallest absolute Gasteiger partial charge is 0.113 e. The Morgan fingerprint density at radius 3 is 2.31 bits per heavy atom. The lowest BCUT2D eigenvalue weighted by Gasteiger charge is -2.05. The van der Waals surface area contributed by atoms with Gasteiger partial charge in [0.15, 0.2) is 0 Å². The van der Waals surface area contributed by atoms with Crippen LogP contribution in [0.25, 0.3) is 5.57 Å². The van der Waals surface area contributed by atoms with E-state index in [0.29, 0.717) is 6.42 Å². The molecule has 16 heavy (non-hydrogen) atoms. The van der Waals surface area contributed by atoms with Gasteiger partial charge in [-0.2, -0.15) is 0 Å². The number of rotatable bonds is 1. The first-order valence-corrected chi connectivity index (χ1v) is 5.38. The highest BCUT2D eigenvalue weighted by Crippen LogP contribution is 2.37. The van der Waals surface area contributed by atoms with E-state index in [9.17, 15) is 4.39 Å². The molecule has 0 atom stereocenters. The zero-order valence-electron chi connectivity index (χ0n) is 8.78. The fourth-order valence-electron chi connectivity index (χ4n) is 2.24. The van der Waals surface area contributed by atoms with Gasteiger partial charge in [-0.15, -0.1) is 0 Å². The molecule has 0 bridgehead atoms. The van der Waals surface area contributed by atoms with E-state index in [2.05, 4.69) is 0 Å². The van der Waals surface area contributed by atoms with Crippen molar-refractivity contribution in [2.24, 2.45) is 0 Å². The molecule has 0 N–H and O–H groups in total. The van der Waals surface area contributed by atoms with Crippen LogP contribution in [0.4, 0.5) is 4.39 Å². The second-order valence-corrected chi connectivity index (χ2v) is 3.98. The van der Waals surface area contributed by atoms with Crippen molar-refractivity contribution in [1.82, 2.24) is 0 Å². The summed E-state index contributed by atoms with van der Waals surface area (Å²) in [6.07, 6.45) is 0.431. The fourth-order valence-corrected chi connectivity index (χ4v) is 2.24. The van der Waals surface area contributed by atoms with E-state index in [1.54, 1.807) is 0 Å². The average Bonchev–Trinajstić information content (AvgIpc) is 2.66. The summed E-state index contributed by atoms with van der Waals surface area (Å²) in [6.45, 7) is 0. The maximum atomic E-state index is 13.9. The molecule has 1 heteroatoms. The third kappa shape index (κ3) is 1.36. The van der Waals surface area contributed by atoms with Crippen molar-refractivity contribution < 1.29 is 4.39 Å². The predicted octanol–water partition coefficient (Wildman–Crippen LogP) is 3.97. The van der Waals surface area contributed by atoms with Gasteiger partial charge in [-0.3, -0.25) is 0 Å². The van der Waals surface area contributed by atoms with Crippen LogP contribution in [0.1, 0.15) is 16.7 Å². The summed E-state index contributed by atoms with van der Waals surface area (Å²) in [5.41, 5.74) is 3.84. The molecular weight excluding hydrogens is 199 g/mol. The van der Waals surface area contributed by atoms with E-state index in [4.69, 9.17) is 0 Å². The first kappa shape index (κ1) is 9.34. The van der Waals surface area contributed by atoms with Gasteiger partial charge in [0.1, 0.15) is 5.83 Å². The standard InChI is InChI=1S/C15H11F/c16-14-10-12-8-4-5-9-13(12)15(14)11-6-2-1-3-7-11/h1-9H,10H2. The largest absolute Gasteiger partial charge is 0.211 e. The summed E-state index contributed by atoms with van der Waals surface area (Å²) < 4.78 is 13.9. The van der Waals surface area contributed by atoms with Crippen molar-refractivity contribution in [3.8, 4) is 0 Å². The highest BCUT2D eigenvalue weighted by atomic mass is 19.1. The summed E-state index contributed by atoms with van der Waals surface area (Å²) in [5.74, 6) is -0.0209. The summed E-state index contributed by atoms with van der Waals surface area (Å²) in [7, 11) is 0. The number of allylic oxidation sites excluding steroid dienone is 1. The lowest BCUT2D eigenvalue weighted by molar-refractivity contribution is 0.624. The minimum atomic E-state index is -0.0209. The molecule has 3 rings (SSSR count). The number of fused-ring (bicyclic) bond motifs is 1. The zero-order chi connectivity index (χ0) is 11.0. The van der Waals surface area contributed by atoms with Gasteiger partial charge in [-0.05, 0) is 16.7 Å². The summed E-state index contributed by atoms with van der Waals surface area (Å²) in [5, 5.41) is 0. The van der Waals surface area contributed by atoms with Crippen molar-refractivity contribution in [2.75, 3.05) is 0 Å². The van der Waals surface area contributed by atoms with Crippen molar-refractivity contribution in [2.45, 2.75) is 6.42 Å². The van der Waals surface area contributed by atoms with Gasteiger partial charge in [0.25, 0.3) is 0 Å². The Labute approximate surface area is 94.1 Å². The van der Waals surface area contributed by atoms with Crippen molar-refractivity contribution in [3.63, 3.8) is 0 Å². The number of halogens is 1. The van der Waals surface area contributed by atoms with E-state index in [1.165, 1.54) is 0 Å². The minimum Gasteiger partial charge on any atom is -0.211 e. The molecule has 78 valence electrons. The molecule has 0 saturated carbocycles. The molecule has 0 fully saturated rings. The normalized spacial score (nSPS) is 14.1. The molecule has 0 amide bonds. The van der Waals surface area contributed by atoms with E-state index in [0.717, 1.165) is 22.3 Å². The molecular formula is C15H11F. The van der Waals surface area contributed by atoms with Gasteiger partial charge in [0.2, 0.25) is 0 Å². The highest BCUT2D eigenvalue weighted by molar-refractivity contribution is 5.86. The molecule has 0 aliphatic heterocycles. The molecule has 0 unspecified atom stereocenters. The molecule has 2 aromatic carbocycles. The van der Waals surface area contributed by atoms with E-state index >= 15 is 0 Å². The van der Waals surface area contributed by atoms with Gasteiger partial charge < -0.3 is 0 Å². The Kier molecular flexibility index (Phi) is 2.10. The molecule has 0 aromatic heterocycles. The quantitative estimate of drug-likeness (QED) is 0.668. The fraction of sp³-hybridized carbons (Fsp3) is 0.0667. The average molecular weight is 210 g/mol. The third-order valence-corrected chi connectivity index (χ3v) is 2.97. The van der Waals surface area contributed by atoms with Crippen LogP contribution in [0.15, 0.2) is 60.4 Å². The van der Waals surface area contributed by atoms with Crippen LogP contribution in [0.5, 0.6) is 0 Å². The van der Waals surface area contributed by atoms with Crippen molar-refractivity contribution in [3.05, 3.63) is 77.1 Å². The Morgan fingerprint density at radius 1 is 0.812 bits per heavy atom. The summed E-state index contributed by atoms with van der Waals surface area (Å²) >= 11 is 0. The van der Waals surface area contributed by atoms with E-state index in [1.807, 2.05) is 54.6 Å². The molecule has 0 saturated heterocycles. The second-order valence-electron chi connectivity index (χ2n) is 3.98. The molecule has 2 aromatic rings.